The summed E-state index contributed by atoms with van der Waals surface area (Å²) in [5, 5.41) is 0. The number of piperazine rings is 2. The summed E-state index contributed by atoms with van der Waals surface area (Å²) in [6.45, 7) is 15.0. The molecule has 37 heavy (non-hydrogen) atoms. The van der Waals surface area contributed by atoms with E-state index in [1.165, 1.54) is 5.56 Å². The highest BCUT2D eigenvalue weighted by Crippen LogP contribution is 2.25. The minimum absolute atomic E-state index is 0.121. The van der Waals surface area contributed by atoms with Crippen LogP contribution in [0.15, 0.2) is 54.6 Å². The Hall–Kier alpha value is -1.64. The second-order valence-corrected chi connectivity index (χ2v) is 11.8. The second-order valence-electron chi connectivity index (χ2n) is 10.7. The van der Waals surface area contributed by atoms with Crippen LogP contribution in [0.4, 0.5) is 4.39 Å². The maximum absolute atomic E-state index is 13.7. The molecule has 202 valence electrons. The molecule has 0 radical (unpaired) electrons. The monoisotopic (exact) mass is 572 g/mol. The Bertz CT molecular complexity index is 957. The SMILES string of the molecule is CC(C)N1CCN(C(CN2CCN(CCCC(Br)C(=O)c3ccccc3)CC2)c2ccc(F)cc2)CC1. The van der Waals surface area contributed by atoms with Gasteiger partial charge in [-0.05, 0) is 50.9 Å². The lowest BCUT2D eigenvalue weighted by Gasteiger charge is -2.43. The van der Waals surface area contributed by atoms with Gasteiger partial charge in [-0.25, -0.2) is 4.39 Å². The predicted molar refractivity (Wildman–Crippen MR) is 153 cm³/mol. The van der Waals surface area contributed by atoms with Crippen molar-refractivity contribution in [1.82, 2.24) is 19.6 Å². The van der Waals surface area contributed by atoms with Gasteiger partial charge in [0.15, 0.2) is 5.78 Å². The van der Waals surface area contributed by atoms with Crippen molar-refractivity contribution in [2.45, 2.75) is 43.6 Å². The predicted octanol–water partition coefficient (Wildman–Crippen LogP) is 4.94. The molecule has 4 rings (SSSR count). The van der Waals surface area contributed by atoms with Crippen molar-refractivity contribution < 1.29 is 9.18 Å². The van der Waals surface area contributed by atoms with Crippen LogP contribution in [0.3, 0.4) is 0 Å². The van der Waals surface area contributed by atoms with Crippen molar-refractivity contribution in [3.05, 3.63) is 71.5 Å². The highest BCUT2D eigenvalue weighted by atomic mass is 79.9. The largest absolute Gasteiger partial charge is 0.301 e. The second kappa shape index (κ2) is 13.9. The average Bonchev–Trinajstić information content (AvgIpc) is 2.93. The summed E-state index contributed by atoms with van der Waals surface area (Å²) < 4.78 is 13.7. The Labute approximate surface area is 230 Å². The van der Waals surface area contributed by atoms with Crippen LogP contribution < -0.4 is 0 Å². The van der Waals surface area contributed by atoms with E-state index in [0.717, 1.165) is 83.9 Å². The zero-order valence-corrected chi connectivity index (χ0v) is 24.0. The van der Waals surface area contributed by atoms with Crippen LogP contribution in [0, 0.1) is 5.82 Å². The lowest BCUT2D eigenvalue weighted by Crippen LogP contribution is -2.53. The molecule has 0 aromatic heterocycles. The number of benzene rings is 2. The van der Waals surface area contributed by atoms with Gasteiger partial charge in [0.1, 0.15) is 5.82 Å². The van der Waals surface area contributed by atoms with E-state index in [-0.39, 0.29) is 16.4 Å². The van der Waals surface area contributed by atoms with Crippen LogP contribution in [0.5, 0.6) is 0 Å². The molecule has 2 aromatic rings. The number of carbonyl (C=O) groups is 1. The van der Waals surface area contributed by atoms with Gasteiger partial charge in [-0.3, -0.25) is 19.5 Å². The topological polar surface area (TPSA) is 30.0 Å². The lowest BCUT2D eigenvalue weighted by molar-refractivity contribution is 0.0480. The fourth-order valence-electron chi connectivity index (χ4n) is 5.53. The number of hydrogen-bond donors (Lipinski definition) is 0. The molecule has 2 unspecified atom stereocenters. The molecule has 0 spiro atoms. The molecule has 2 heterocycles. The molecule has 0 N–H and O–H groups in total. The van der Waals surface area contributed by atoms with Gasteiger partial charge in [0.25, 0.3) is 0 Å². The van der Waals surface area contributed by atoms with Crippen molar-refractivity contribution in [2.24, 2.45) is 0 Å². The van der Waals surface area contributed by atoms with Gasteiger partial charge in [-0.15, -0.1) is 0 Å². The zero-order valence-electron chi connectivity index (χ0n) is 22.4. The van der Waals surface area contributed by atoms with E-state index >= 15 is 0 Å². The van der Waals surface area contributed by atoms with Crippen molar-refractivity contribution in [3.63, 3.8) is 0 Å². The minimum atomic E-state index is -0.170. The smallest absolute Gasteiger partial charge is 0.176 e. The molecule has 2 atom stereocenters. The Kier molecular flexibility index (Phi) is 10.7. The first-order valence-electron chi connectivity index (χ1n) is 13.8. The molecule has 0 amide bonds. The molecule has 2 aromatic carbocycles. The third-order valence-electron chi connectivity index (χ3n) is 7.95. The standard InChI is InChI=1S/C30H42BrFN4O/c1-24(2)35-19-21-36(22-20-35)29(25-10-12-27(32)13-11-25)23-34-17-15-33(16-18-34)14-6-9-28(31)30(37)26-7-4-3-5-8-26/h3-5,7-8,10-13,24,28-29H,6,9,14-23H2,1-2H3. The quantitative estimate of drug-likeness (QED) is 0.281. The first-order chi connectivity index (χ1) is 17.9. The molecule has 2 aliphatic heterocycles. The van der Waals surface area contributed by atoms with Gasteiger partial charge in [0.2, 0.25) is 0 Å². The van der Waals surface area contributed by atoms with Crippen LogP contribution in [0.1, 0.15) is 48.7 Å². The summed E-state index contributed by atoms with van der Waals surface area (Å²) in [5.74, 6) is 0.00316. The molecule has 0 aliphatic carbocycles. The Balaban J connectivity index is 1.25. The first kappa shape index (κ1) is 28.4. The number of halogens is 2. The van der Waals surface area contributed by atoms with E-state index in [4.69, 9.17) is 0 Å². The highest BCUT2D eigenvalue weighted by molar-refractivity contribution is 9.10. The number of nitrogens with zero attached hydrogens (tertiary/aromatic N) is 4. The number of alkyl halides is 1. The van der Waals surface area contributed by atoms with Crippen molar-refractivity contribution in [3.8, 4) is 0 Å². The van der Waals surface area contributed by atoms with Crippen LogP contribution in [0.25, 0.3) is 0 Å². The van der Waals surface area contributed by atoms with E-state index in [0.29, 0.717) is 12.1 Å². The number of carbonyl (C=O) groups excluding carboxylic acids is 1. The van der Waals surface area contributed by atoms with E-state index in [1.54, 1.807) is 12.1 Å². The minimum Gasteiger partial charge on any atom is -0.301 e. The maximum atomic E-state index is 13.7. The van der Waals surface area contributed by atoms with Crippen molar-refractivity contribution in [2.75, 3.05) is 65.4 Å². The molecule has 5 nitrogen and oxygen atoms in total. The molecule has 2 fully saturated rings. The molecule has 2 saturated heterocycles. The normalized spacial score (nSPS) is 20.2. The number of Topliss-reactive ketones (excluding diaryl/α,β-unsaturated/α-hetero) is 1. The summed E-state index contributed by atoms with van der Waals surface area (Å²) in [6.07, 6.45) is 1.86. The van der Waals surface area contributed by atoms with E-state index < -0.39 is 0 Å². The lowest BCUT2D eigenvalue weighted by atomic mass is 10.0. The third kappa shape index (κ3) is 8.17. The number of rotatable bonds is 11. The molecular weight excluding hydrogens is 531 g/mol. The summed E-state index contributed by atoms with van der Waals surface area (Å²) in [6, 6.07) is 17.6. The Morgan fingerprint density at radius 2 is 1.43 bits per heavy atom. The van der Waals surface area contributed by atoms with Crippen LogP contribution in [-0.2, 0) is 0 Å². The van der Waals surface area contributed by atoms with Gasteiger partial charge in [0.05, 0.1) is 4.83 Å². The van der Waals surface area contributed by atoms with Gasteiger partial charge >= 0.3 is 0 Å². The molecular formula is C30H42BrFN4O. The van der Waals surface area contributed by atoms with E-state index in [2.05, 4.69) is 49.4 Å². The van der Waals surface area contributed by atoms with E-state index in [1.807, 2.05) is 42.5 Å². The maximum Gasteiger partial charge on any atom is 0.176 e. The fraction of sp³-hybridized carbons (Fsp3) is 0.567. The van der Waals surface area contributed by atoms with Gasteiger partial charge in [0, 0.05) is 76.5 Å². The molecule has 2 aliphatic rings. The first-order valence-corrected chi connectivity index (χ1v) is 14.7. The molecule has 0 bridgehead atoms. The van der Waals surface area contributed by atoms with Gasteiger partial charge in [-0.1, -0.05) is 58.4 Å². The van der Waals surface area contributed by atoms with Crippen LogP contribution in [-0.4, -0.2) is 102 Å². The van der Waals surface area contributed by atoms with Crippen LogP contribution >= 0.6 is 15.9 Å². The van der Waals surface area contributed by atoms with Crippen LogP contribution in [0.2, 0.25) is 0 Å². The Morgan fingerprint density at radius 1 is 0.838 bits per heavy atom. The highest BCUT2D eigenvalue weighted by Gasteiger charge is 2.29. The average molecular weight is 574 g/mol. The molecule has 0 saturated carbocycles. The Morgan fingerprint density at radius 3 is 2.05 bits per heavy atom. The van der Waals surface area contributed by atoms with Crippen molar-refractivity contribution in [1.29, 1.82) is 0 Å². The number of ketones is 1. The summed E-state index contributed by atoms with van der Waals surface area (Å²) in [5.41, 5.74) is 1.99. The van der Waals surface area contributed by atoms with Crippen molar-refractivity contribution >= 4 is 21.7 Å². The summed E-state index contributed by atoms with van der Waals surface area (Å²) in [4.78, 5) is 22.7. The van der Waals surface area contributed by atoms with Gasteiger partial charge in [-0.2, -0.15) is 0 Å². The zero-order chi connectivity index (χ0) is 26.2. The third-order valence-corrected chi connectivity index (χ3v) is 8.82. The summed E-state index contributed by atoms with van der Waals surface area (Å²) in [7, 11) is 0. The van der Waals surface area contributed by atoms with E-state index in [9.17, 15) is 9.18 Å². The van der Waals surface area contributed by atoms with Gasteiger partial charge < -0.3 is 4.90 Å². The number of hydrogen-bond acceptors (Lipinski definition) is 5. The molecule has 7 heteroatoms. The fourth-order valence-corrected chi connectivity index (χ4v) is 6.12. The summed E-state index contributed by atoms with van der Waals surface area (Å²) >= 11 is 3.61.